The molecule has 1 aromatic carbocycles. The molecule has 2 saturated heterocycles. The maximum atomic E-state index is 14.2. The van der Waals surface area contributed by atoms with Gasteiger partial charge in [0.1, 0.15) is 17.2 Å². The summed E-state index contributed by atoms with van der Waals surface area (Å²) in [6.07, 6.45) is 3.96. The average Bonchev–Trinajstić information content (AvgIpc) is 3.51. The Bertz CT molecular complexity index is 1150. The average molecular weight is 486 g/mol. The summed E-state index contributed by atoms with van der Waals surface area (Å²) >= 11 is 0. The standard InChI is InChI=1S/C25H29F2N5O3/c1-29-20-9-13-32(24(34)21-18(26)7-4-8-19(21)27)15-17(20)22(28-29)25(35)31-12-5-6-16(14-31)23(33)30-10-2-3-11-30/h4,7-8,16H,2-3,5-6,9-15H2,1H3/t16-/m0/s1. The van der Waals surface area contributed by atoms with Crippen molar-refractivity contribution in [1.82, 2.24) is 24.5 Å². The van der Waals surface area contributed by atoms with Crippen molar-refractivity contribution in [2.24, 2.45) is 13.0 Å². The fourth-order valence-electron chi connectivity index (χ4n) is 5.51. The fraction of sp³-hybridized carbons (Fsp3) is 0.520. The predicted molar refractivity (Wildman–Crippen MR) is 122 cm³/mol. The SMILES string of the molecule is Cn1nc(C(=O)N2CCC[C@H](C(=O)N3CCCC3)C2)c2c1CCN(C(=O)c1c(F)cccc1F)C2. The first-order valence-electron chi connectivity index (χ1n) is 12.2. The van der Waals surface area contributed by atoms with Crippen LogP contribution in [0.3, 0.4) is 0 Å². The maximum Gasteiger partial charge on any atom is 0.274 e. The first-order valence-corrected chi connectivity index (χ1v) is 12.2. The van der Waals surface area contributed by atoms with Gasteiger partial charge in [0.05, 0.1) is 12.5 Å². The van der Waals surface area contributed by atoms with Crippen molar-refractivity contribution in [2.45, 2.75) is 38.6 Å². The molecule has 3 amide bonds. The van der Waals surface area contributed by atoms with Crippen LogP contribution in [0.4, 0.5) is 8.78 Å². The van der Waals surface area contributed by atoms with E-state index in [1.807, 2.05) is 4.90 Å². The number of likely N-dealkylation sites (tertiary alicyclic amines) is 2. The molecule has 0 aliphatic carbocycles. The second-order valence-electron chi connectivity index (χ2n) is 9.59. The van der Waals surface area contributed by atoms with Gasteiger partial charge in [-0.15, -0.1) is 0 Å². The van der Waals surface area contributed by atoms with Gasteiger partial charge in [-0.2, -0.15) is 5.10 Å². The van der Waals surface area contributed by atoms with Gasteiger partial charge < -0.3 is 14.7 Å². The monoisotopic (exact) mass is 485 g/mol. The van der Waals surface area contributed by atoms with Crippen molar-refractivity contribution < 1.29 is 23.2 Å². The molecule has 10 heteroatoms. The van der Waals surface area contributed by atoms with Crippen LogP contribution in [0.15, 0.2) is 18.2 Å². The molecule has 0 unspecified atom stereocenters. The maximum absolute atomic E-state index is 14.2. The van der Waals surface area contributed by atoms with Gasteiger partial charge in [0.15, 0.2) is 5.69 Å². The van der Waals surface area contributed by atoms with E-state index in [2.05, 4.69) is 5.10 Å². The summed E-state index contributed by atoms with van der Waals surface area (Å²) in [5.41, 5.74) is 1.07. The van der Waals surface area contributed by atoms with E-state index in [1.54, 1.807) is 16.6 Å². The third-order valence-electron chi connectivity index (χ3n) is 7.38. The summed E-state index contributed by atoms with van der Waals surface area (Å²) in [4.78, 5) is 44.3. The van der Waals surface area contributed by atoms with Crippen LogP contribution in [0.1, 0.15) is 57.8 Å². The molecule has 0 spiro atoms. The normalized spacial score (nSPS) is 20.2. The molecule has 8 nitrogen and oxygen atoms in total. The zero-order valence-corrected chi connectivity index (χ0v) is 19.8. The minimum atomic E-state index is -0.912. The van der Waals surface area contributed by atoms with E-state index in [9.17, 15) is 23.2 Å². The number of carbonyl (C=O) groups excluding carboxylic acids is 3. The minimum Gasteiger partial charge on any atom is -0.342 e. The third-order valence-corrected chi connectivity index (χ3v) is 7.38. The lowest BCUT2D eigenvalue weighted by atomic mass is 9.95. The Hall–Kier alpha value is -3.30. The Labute approximate surface area is 202 Å². The number of hydrogen-bond donors (Lipinski definition) is 0. The molecule has 0 bridgehead atoms. The zero-order valence-electron chi connectivity index (χ0n) is 19.8. The lowest BCUT2D eigenvalue weighted by Gasteiger charge is -2.34. The van der Waals surface area contributed by atoms with Crippen molar-refractivity contribution in [3.8, 4) is 0 Å². The molecule has 0 saturated carbocycles. The molecule has 0 N–H and O–H groups in total. The highest BCUT2D eigenvalue weighted by atomic mass is 19.1. The number of aryl methyl sites for hydroxylation is 1. The second kappa shape index (κ2) is 9.39. The Morgan fingerprint density at radius 3 is 2.31 bits per heavy atom. The van der Waals surface area contributed by atoms with Crippen molar-refractivity contribution in [2.75, 3.05) is 32.7 Å². The number of benzene rings is 1. The number of nitrogens with zero attached hydrogens (tertiary/aromatic N) is 5. The van der Waals surface area contributed by atoms with Crippen LogP contribution in [0.5, 0.6) is 0 Å². The second-order valence-corrected chi connectivity index (χ2v) is 9.59. The predicted octanol–water partition coefficient (Wildman–Crippen LogP) is 2.37. The Kier molecular flexibility index (Phi) is 6.29. The van der Waals surface area contributed by atoms with Gasteiger partial charge in [-0.1, -0.05) is 6.07 Å². The van der Waals surface area contributed by atoms with E-state index in [1.165, 1.54) is 11.0 Å². The Morgan fingerprint density at radius 1 is 0.914 bits per heavy atom. The zero-order chi connectivity index (χ0) is 24.7. The molecule has 1 atom stereocenters. The van der Waals surface area contributed by atoms with Crippen molar-refractivity contribution in [3.05, 3.63) is 52.3 Å². The smallest absolute Gasteiger partial charge is 0.274 e. The summed E-state index contributed by atoms with van der Waals surface area (Å²) in [5.74, 6) is -2.94. The van der Waals surface area contributed by atoms with Gasteiger partial charge in [0, 0.05) is 57.4 Å². The van der Waals surface area contributed by atoms with Crippen LogP contribution < -0.4 is 0 Å². The van der Waals surface area contributed by atoms with Crippen LogP contribution in [0, 0.1) is 17.6 Å². The van der Waals surface area contributed by atoms with Gasteiger partial charge in [-0.25, -0.2) is 8.78 Å². The third kappa shape index (κ3) is 4.30. The van der Waals surface area contributed by atoms with Gasteiger partial charge in [0.25, 0.3) is 11.8 Å². The van der Waals surface area contributed by atoms with Crippen LogP contribution in [0.25, 0.3) is 0 Å². The first kappa shape index (κ1) is 23.4. The molecule has 3 aliphatic heterocycles. The highest BCUT2D eigenvalue weighted by Gasteiger charge is 2.36. The molecular formula is C25H29F2N5O3. The van der Waals surface area contributed by atoms with E-state index >= 15 is 0 Å². The van der Waals surface area contributed by atoms with Gasteiger partial charge in [0.2, 0.25) is 5.91 Å². The molecule has 5 rings (SSSR count). The minimum absolute atomic E-state index is 0.0425. The largest absolute Gasteiger partial charge is 0.342 e. The first-order chi connectivity index (χ1) is 16.8. The summed E-state index contributed by atoms with van der Waals surface area (Å²) in [7, 11) is 1.75. The van der Waals surface area contributed by atoms with Crippen LogP contribution in [0.2, 0.25) is 0 Å². The van der Waals surface area contributed by atoms with E-state index in [0.717, 1.165) is 56.6 Å². The lowest BCUT2D eigenvalue weighted by Crippen LogP contribution is -2.46. The number of fused-ring (bicyclic) bond motifs is 1. The molecule has 2 aromatic rings. The lowest BCUT2D eigenvalue weighted by molar-refractivity contribution is -0.135. The molecular weight excluding hydrogens is 456 g/mol. The molecule has 4 heterocycles. The van der Waals surface area contributed by atoms with Gasteiger partial charge in [-0.05, 0) is 37.8 Å². The quantitative estimate of drug-likeness (QED) is 0.669. The summed E-state index contributed by atoms with van der Waals surface area (Å²) in [6, 6.07) is 3.33. The molecule has 1 aromatic heterocycles. The van der Waals surface area contributed by atoms with Crippen molar-refractivity contribution in [3.63, 3.8) is 0 Å². The van der Waals surface area contributed by atoms with Crippen molar-refractivity contribution in [1.29, 1.82) is 0 Å². The topological polar surface area (TPSA) is 78.8 Å². The fourth-order valence-corrected chi connectivity index (χ4v) is 5.51. The molecule has 0 radical (unpaired) electrons. The van der Waals surface area contributed by atoms with E-state index in [4.69, 9.17) is 0 Å². The molecule has 3 aliphatic rings. The Morgan fingerprint density at radius 2 is 1.60 bits per heavy atom. The number of piperidine rings is 1. The molecule has 2 fully saturated rings. The van der Waals surface area contributed by atoms with Crippen molar-refractivity contribution >= 4 is 17.7 Å². The van der Waals surface area contributed by atoms with E-state index < -0.39 is 23.1 Å². The van der Waals surface area contributed by atoms with Crippen LogP contribution in [-0.4, -0.2) is 74.9 Å². The number of rotatable bonds is 3. The van der Waals surface area contributed by atoms with Crippen LogP contribution >= 0.6 is 0 Å². The number of amides is 3. The van der Waals surface area contributed by atoms with Crippen LogP contribution in [-0.2, 0) is 24.8 Å². The molecule has 186 valence electrons. The Balaban J connectivity index is 1.35. The van der Waals surface area contributed by atoms with Gasteiger partial charge in [-0.3, -0.25) is 19.1 Å². The number of aromatic nitrogens is 2. The number of halogens is 2. The summed E-state index contributed by atoms with van der Waals surface area (Å²) in [6.45, 7) is 2.76. The van der Waals surface area contributed by atoms with E-state index in [-0.39, 0.29) is 36.5 Å². The van der Waals surface area contributed by atoms with Gasteiger partial charge >= 0.3 is 0 Å². The summed E-state index contributed by atoms with van der Waals surface area (Å²) < 4.78 is 30.1. The van der Waals surface area contributed by atoms with E-state index in [0.29, 0.717) is 25.1 Å². The highest BCUT2D eigenvalue weighted by molar-refractivity contribution is 5.97. The summed E-state index contributed by atoms with van der Waals surface area (Å²) in [5, 5.41) is 4.46. The highest BCUT2D eigenvalue weighted by Crippen LogP contribution is 2.28. The number of carbonyl (C=O) groups is 3. The molecule has 35 heavy (non-hydrogen) atoms. The number of hydrogen-bond acceptors (Lipinski definition) is 4.